The molecular formula is C32H41FN2O5. The molecule has 0 unspecified atom stereocenters. The van der Waals surface area contributed by atoms with Crippen LogP contribution in [0.2, 0.25) is 0 Å². The summed E-state index contributed by atoms with van der Waals surface area (Å²) in [5.74, 6) is -1.18. The van der Waals surface area contributed by atoms with E-state index in [4.69, 9.17) is 0 Å². The van der Waals surface area contributed by atoms with Crippen molar-refractivity contribution in [1.82, 2.24) is 9.47 Å². The van der Waals surface area contributed by atoms with Gasteiger partial charge in [-0.15, -0.1) is 0 Å². The van der Waals surface area contributed by atoms with Crippen LogP contribution in [0.1, 0.15) is 87.9 Å². The highest BCUT2D eigenvalue weighted by molar-refractivity contribution is 5.95. The average molecular weight is 553 g/mol. The Bertz CT molecular complexity index is 1310. The Morgan fingerprint density at radius 3 is 2.42 bits per heavy atom. The fourth-order valence-corrected chi connectivity index (χ4v) is 7.67. The molecule has 2 saturated carbocycles. The third-order valence-electron chi connectivity index (χ3n) is 9.93. The van der Waals surface area contributed by atoms with Gasteiger partial charge in [0.25, 0.3) is 5.56 Å². The highest BCUT2D eigenvalue weighted by Crippen LogP contribution is 2.52. The first kappa shape index (κ1) is 28.5. The molecule has 0 radical (unpaired) electrons. The van der Waals surface area contributed by atoms with E-state index in [1.165, 1.54) is 61.1 Å². The molecule has 2 aliphatic carbocycles. The Morgan fingerprint density at radius 1 is 1.05 bits per heavy atom. The zero-order chi connectivity index (χ0) is 28.5. The number of piperidine rings is 1. The van der Waals surface area contributed by atoms with Crippen LogP contribution in [0, 0.1) is 23.1 Å². The van der Waals surface area contributed by atoms with Crippen LogP contribution in [0.3, 0.4) is 0 Å². The first-order valence-corrected chi connectivity index (χ1v) is 14.9. The fourth-order valence-electron chi connectivity index (χ4n) is 7.67. The number of aromatic nitrogens is 1. The standard InChI is InChI=1S/C32H41FN2O5/c1-22(17-23-9-3-2-4-10-23)29(37)34-16-15-32(40,31(20-34)13-7-8-14-31)21-35-19-26(30(38)39)25(18-28(35)36)24-11-5-6-12-27(24)33/h5-6,11-12,18-19,22-23,40H,2-4,7-10,13-17,20-21H2,1H3,(H,38,39)/t22-,32-/m1/s1. The van der Waals surface area contributed by atoms with Crippen molar-refractivity contribution in [2.45, 2.75) is 89.7 Å². The van der Waals surface area contributed by atoms with Crippen molar-refractivity contribution in [1.29, 1.82) is 0 Å². The lowest BCUT2D eigenvalue weighted by Gasteiger charge is -2.53. The Hall–Kier alpha value is -3.00. The predicted octanol–water partition coefficient (Wildman–Crippen LogP) is 5.48. The highest BCUT2D eigenvalue weighted by Gasteiger charge is 2.55. The minimum absolute atomic E-state index is 0.0155. The van der Waals surface area contributed by atoms with Gasteiger partial charge in [-0.3, -0.25) is 9.59 Å². The number of hydrogen-bond acceptors (Lipinski definition) is 4. The van der Waals surface area contributed by atoms with Crippen LogP contribution in [0.5, 0.6) is 0 Å². The van der Waals surface area contributed by atoms with Crippen molar-refractivity contribution in [3.05, 3.63) is 58.3 Å². The molecule has 2 atom stereocenters. The minimum atomic E-state index is -1.28. The molecule has 1 aromatic carbocycles. The number of carboxylic acid groups (broad SMARTS) is 1. The maximum absolute atomic E-state index is 14.5. The van der Waals surface area contributed by atoms with Crippen molar-refractivity contribution in [2.75, 3.05) is 13.1 Å². The van der Waals surface area contributed by atoms with Gasteiger partial charge in [0.05, 0.1) is 17.7 Å². The molecular weight excluding hydrogens is 511 g/mol. The molecule has 7 nitrogen and oxygen atoms in total. The van der Waals surface area contributed by atoms with E-state index in [2.05, 4.69) is 0 Å². The number of nitrogens with zero attached hydrogens (tertiary/aromatic N) is 2. The second kappa shape index (κ2) is 11.5. The molecule has 3 aliphatic rings. The molecule has 1 amide bonds. The summed E-state index contributed by atoms with van der Waals surface area (Å²) in [6.07, 6.45) is 12.0. The summed E-state index contributed by atoms with van der Waals surface area (Å²) in [6.45, 7) is 2.82. The van der Waals surface area contributed by atoms with Crippen LogP contribution in [0.4, 0.5) is 4.39 Å². The smallest absolute Gasteiger partial charge is 0.337 e. The largest absolute Gasteiger partial charge is 0.478 e. The van der Waals surface area contributed by atoms with Crippen LogP contribution >= 0.6 is 0 Å². The van der Waals surface area contributed by atoms with Gasteiger partial charge >= 0.3 is 5.97 Å². The van der Waals surface area contributed by atoms with Gasteiger partial charge in [0.15, 0.2) is 0 Å². The van der Waals surface area contributed by atoms with Gasteiger partial charge in [-0.1, -0.05) is 70.1 Å². The van der Waals surface area contributed by atoms with Crippen molar-refractivity contribution in [2.24, 2.45) is 17.3 Å². The number of amides is 1. The van der Waals surface area contributed by atoms with E-state index in [1.54, 1.807) is 6.07 Å². The van der Waals surface area contributed by atoms with Crippen LogP contribution in [0.15, 0.2) is 41.3 Å². The van der Waals surface area contributed by atoms with E-state index in [0.717, 1.165) is 38.2 Å². The summed E-state index contributed by atoms with van der Waals surface area (Å²) in [6, 6.07) is 6.92. The molecule has 3 fully saturated rings. The molecule has 1 aliphatic heterocycles. The maximum atomic E-state index is 14.5. The predicted molar refractivity (Wildman–Crippen MR) is 150 cm³/mol. The Morgan fingerprint density at radius 2 is 1.75 bits per heavy atom. The number of carbonyl (C=O) groups excluding carboxylic acids is 1. The third-order valence-corrected chi connectivity index (χ3v) is 9.93. The number of aromatic carboxylic acids is 1. The number of halogens is 1. The number of likely N-dealkylation sites (tertiary alicyclic amines) is 1. The lowest BCUT2D eigenvalue weighted by molar-refractivity contribution is -0.163. The summed E-state index contributed by atoms with van der Waals surface area (Å²) in [5, 5.41) is 22.1. The van der Waals surface area contributed by atoms with E-state index in [-0.39, 0.29) is 35.1 Å². The first-order valence-electron chi connectivity index (χ1n) is 14.9. The van der Waals surface area contributed by atoms with E-state index in [0.29, 0.717) is 25.4 Å². The topological polar surface area (TPSA) is 99.8 Å². The van der Waals surface area contributed by atoms with E-state index >= 15 is 0 Å². The number of hydrogen-bond donors (Lipinski definition) is 2. The molecule has 5 rings (SSSR count). The summed E-state index contributed by atoms with van der Waals surface area (Å²) in [7, 11) is 0. The van der Waals surface area contributed by atoms with Gasteiger partial charge < -0.3 is 19.7 Å². The van der Waals surface area contributed by atoms with Gasteiger partial charge in [0.2, 0.25) is 5.91 Å². The van der Waals surface area contributed by atoms with E-state index in [1.807, 2.05) is 11.8 Å². The molecule has 216 valence electrons. The van der Waals surface area contributed by atoms with Crippen molar-refractivity contribution < 1.29 is 24.2 Å². The number of benzene rings is 1. The number of pyridine rings is 1. The molecule has 0 bridgehead atoms. The number of carbonyl (C=O) groups is 2. The zero-order valence-corrected chi connectivity index (χ0v) is 23.4. The van der Waals surface area contributed by atoms with E-state index in [9.17, 15) is 29.0 Å². The summed E-state index contributed by atoms with van der Waals surface area (Å²) in [5.41, 5.74) is -2.46. The highest BCUT2D eigenvalue weighted by atomic mass is 19.1. The Labute approximate surface area is 235 Å². The summed E-state index contributed by atoms with van der Waals surface area (Å²) < 4.78 is 15.8. The molecule has 8 heteroatoms. The molecule has 2 aromatic rings. The molecule has 40 heavy (non-hydrogen) atoms. The fraction of sp³-hybridized carbons (Fsp3) is 0.594. The Kier molecular flexibility index (Phi) is 8.18. The number of carboxylic acids is 1. The normalized spacial score (nSPS) is 23.8. The second-order valence-electron chi connectivity index (χ2n) is 12.5. The average Bonchev–Trinajstić information content (AvgIpc) is 3.41. The lowest BCUT2D eigenvalue weighted by Crippen LogP contribution is -2.62. The summed E-state index contributed by atoms with van der Waals surface area (Å²) >= 11 is 0. The van der Waals surface area contributed by atoms with Crippen molar-refractivity contribution >= 4 is 11.9 Å². The molecule has 1 aromatic heterocycles. The van der Waals surface area contributed by atoms with Gasteiger partial charge in [-0.2, -0.15) is 0 Å². The lowest BCUT2D eigenvalue weighted by atomic mass is 9.65. The molecule has 2 N–H and O–H groups in total. The van der Waals surface area contributed by atoms with E-state index < -0.39 is 28.4 Å². The second-order valence-corrected chi connectivity index (χ2v) is 12.5. The molecule has 1 spiro atoms. The van der Waals surface area contributed by atoms with Gasteiger partial charge in [0, 0.05) is 47.8 Å². The minimum Gasteiger partial charge on any atom is -0.478 e. The van der Waals surface area contributed by atoms with Gasteiger partial charge in [-0.05, 0) is 37.7 Å². The third kappa shape index (κ3) is 5.47. The van der Waals surface area contributed by atoms with Crippen LogP contribution in [-0.4, -0.2) is 50.2 Å². The van der Waals surface area contributed by atoms with Crippen LogP contribution < -0.4 is 5.56 Å². The first-order chi connectivity index (χ1) is 19.1. The van der Waals surface area contributed by atoms with Crippen LogP contribution in [-0.2, 0) is 11.3 Å². The van der Waals surface area contributed by atoms with Gasteiger partial charge in [0.1, 0.15) is 5.82 Å². The monoisotopic (exact) mass is 552 g/mol. The van der Waals surface area contributed by atoms with Crippen molar-refractivity contribution in [3.63, 3.8) is 0 Å². The number of aliphatic hydroxyl groups is 1. The molecule has 2 heterocycles. The summed E-state index contributed by atoms with van der Waals surface area (Å²) in [4.78, 5) is 40.9. The quantitative estimate of drug-likeness (QED) is 0.474. The van der Waals surface area contributed by atoms with Gasteiger partial charge in [-0.25, -0.2) is 9.18 Å². The number of rotatable bonds is 7. The maximum Gasteiger partial charge on any atom is 0.337 e. The SMILES string of the molecule is C[C@H](CC1CCCCC1)C(=O)N1CC[C@@](O)(Cn2cc(C(=O)O)c(-c3ccccc3F)cc2=O)C2(CCCC2)C1. The van der Waals surface area contributed by atoms with Crippen LogP contribution in [0.25, 0.3) is 11.1 Å². The molecule has 1 saturated heterocycles. The van der Waals surface area contributed by atoms with Crippen molar-refractivity contribution in [3.8, 4) is 11.1 Å². The zero-order valence-electron chi connectivity index (χ0n) is 23.4. The Balaban J connectivity index is 1.39.